The van der Waals surface area contributed by atoms with Crippen molar-refractivity contribution in [2.45, 2.75) is 69.3 Å². The number of benzene rings is 1. The molecule has 0 aliphatic heterocycles. The van der Waals surface area contributed by atoms with Crippen molar-refractivity contribution in [1.82, 2.24) is 10.2 Å². The highest BCUT2D eigenvalue weighted by atomic mass is 32.2. The van der Waals surface area contributed by atoms with E-state index in [9.17, 15) is 19.2 Å². The Morgan fingerprint density at radius 1 is 1.09 bits per heavy atom. The summed E-state index contributed by atoms with van der Waals surface area (Å²) < 4.78 is 9.63. The molecule has 1 aromatic rings. The minimum Gasteiger partial charge on any atom is -0.469 e. The fourth-order valence-electron chi connectivity index (χ4n) is 3.93. The Bertz CT molecular complexity index is 782. The molecule has 0 radical (unpaired) electrons. The lowest BCUT2D eigenvalue weighted by Gasteiger charge is -2.35. The second kappa shape index (κ2) is 13.1. The lowest BCUT2D eigenvalue weighted by atomic mass is 10.1. The third kappa shape index (κ3) is 7.85. The van der Waals surface area contributed by atoms with Crippen molar-refractivity contribution in [2.24, 2.45) is 0 Å². The summed E-state index contributed by atoms with van der Waals surface area (Å²) in [6.07, 6.45) is 4.26. The number of amides is 2. The summed E-state index contributed by atoms with van der Waals surface area (Å²) in [7, 11) is 2.46. The molecule has 2 rings (SSSR count). The number of aryl methyl sites for hydroxylation is 1. The molecule has 8 nitrogen and oxygen atoms in total. The first kappa shape index (κ1) is 25.7. The molecule has 2 unspecified atom stereocenters. The van der Waals surface area contributed by atoms with E-state index in [1.54, 1.807) is 0 Å². The van der Waals surface area contributed by atoms with Gasteiger partial charge in [-0.05, 0) is 31.2 Å². The molecule has 0 spiro atoms. The van der Waals surface area contributed by atoms with Gasteiger partial charge in [0.1, 0.15) is 6.04 Å². The third-order valence-electron chi connectivity index (χ3n) is 5.48. The van der Waals surface area contributed by atoms with Crippen LogP contribution in [0.4, 0.5) is 4.79 Å². The lowest BCUT2D eigenvalue weighted by Crippen LogP contribution is -2.56. The topological polar surface area (TPSA) is 102 Å². The van der Waals surface area contributed by atoms with Gasteiger partial charge in [0.2, 0.25) is 0 Å². The van der Waals surface area contributed by atoms with Crippen LogP contribution in [0.25, 0.3) is 0 Å². The van der Waals surface area contributed by atoms with Crippen LogP contribution in [-0.4, -0.2) is 59.7 Å². The van der Waals surface area contributed by atoms with Crippen LogP contribution in [0.15, 0.2) is 30.3 Å². The van der Waals surface area contributed by atoms with E-state index in [4.69, 9.17) is 9.47 Å². The van der Waals surface area contributed by atoms with Crippen molar-refractivity contribution in [3.63, 3.8) is 0 Å². The number of nitrogens with one attached hydrogen (secondary N) is 1. The summed E-state index contributed by atoms with van der Waals surface area (Å²) in [4.78, 5) is 51.1. The Labute approximate surface area is 193 Å². The highest BCUT2D eigenvalue weighted by molar-refractivity contribution is 8.14. The van der Waals surface area contributed by atoms with Crippen LogP contribution in [0.2, 0.25) is 0 Å². The summed E-state index contributed by atoms with van der Waals surface area (Å²) in [5.74, 6) is -1.27. The number of carbonyl (C=O) groups is 4. The van der Waals surface area contributed by atoms with Crippen LogP contribution in [0, 0.1) is 0 Å². The molecule has 0 saturated heterocycles. The van der Waals surface area contributed by atoms with Gasteiger partial charge >= 0.3 is 18.0 Å². The van der Waals surface area contributed by atoms with Gasteiger partial charge in [-0.3, -0.25) is 9.59 Å². The summed E-state index contributed by atoms with van der Waals surface area (Å²) in [6, 6.07) is 8.03. The van der Waals surface area contributed by atoms with E-state index < -0.39 is 29.4 Å². The third-order valence-corrected chi connectivity index (χ3v) is 6.45. The minimum atomic E-state index is -1.09. The van der Waals surface area contributed by atoms with E-state index in [2.05, 4.69) is 5.32 Å². The van der Waals surface area contributed by atoms with Crippen LogP contribution in [0.1, 0.15) is 51.0 Å². The van der Waals surface area contributed by atoms with Crippen LogP contribution < -0.4 is 5.32 Å². The van der Waals surface area contributed by atoms with Crippen LogP contribution in [0.3, 0.4) is 0 Å². The minimum absolute atomic E-state index is 0.116. The number of rotatable bonds is 10. The molecule has 176 valence electrons. The van der Waals surface area contributed by atoms with Gasteiger partial charge in [-0.25, -0.2) is 9.59 Å². The van der Waals surface area contributed by atoms with Crippen molar-refractivity contribution in [3.8, 4) is 0 Å². The van der Waals surface area contributed by atoms with Gasteiger partial charge in [0.15, 0.2) is 5.12 Å². The number of ether oxygens (including phenoxy) is 2. The maximum absolute atomic E-state index is 13.4. The van der Waals surface area contributed by atoms with Crippen molar-refractivity contribution < 1.29 is 28.7 Å². The largest absolute Gasteiger partial charge is 0.469 e. The van der Waals surface area contributed by atoms with Gasteiger partial charge in [0, 0.05) is 13.0 Å². The zero-order valence-electron chi connectivity index (χ0n) is 18.9. The molecule has 2 atom stereocenters. The Hall–Kier alpha value is -2.55. The van der Waals surface area contributed by atoms with Crippen molar-refractivity contribution in [2.75, 3.05) is 14.2 Å². The second-order valence-corrected chi connectivity index (χ2v) is 9.12. The fraction of sp³-hybridized carbons (Fsp3) is 0.565. The highest BCUT2D eigenvalue weighted by Crippen LogP contribution is 2.28. The number of methoxy groups -OCH3 is 2. The normalized spacial score (nSPS) is 15.5. The highest BCUT2D eigenvalue weighted by Gasteiger charge is 2.39. The molecule has 1 aliphatic carbocycles. The predicted molar refractivity (Wildman–Crippen MR) is 122 cm³/mol. The van der Waals surface area contributed by atoms with E-state index in [-0.39, 0.29) is 17.6 Å². The zero-order valence-corrected chi connectivity index (χ0v) is 19.7. The SMILES string of the molecule is COC(=O)CC(C(=O)OC)N(C(=O)NC(CCc1ccccc1)SC(C)=O)C1CCCC1. The van der Waals surface area contributed by atoms with Gasteiger partial charge in [0.25, 0.3) is 0 Å². The summed E-state index contributed by atoms with van der Waals surface area (Å²) in [6.45, 7) is 1.45. The van der Waals surface area contributed by atoms with Gasteiger partial charge < -0.3 is 19.7 Å². The van der Waals surface area contributed by atoms with Crippen molar-refractivity contribution in [3.05, 3.63) is 35.9 Å². The first-order valence-electron chi connectivity index (χ1n) is 10.8. The van der Waals surface area contributed by atoms with E-state index in [1.165, 1.54) is 26.0 Å². The number of urea groups is 1. The first-order valence-corrected chi connectivity index (χ1v) is 11.7. The molecule has 1 fully saturated rings. The molecule has 0 aromatic heterocycles. The molecule has 2 amide bonds. The number of nitrogens with zero attached hydrogens (tertiary/aromatic N) is 1. The number of thioether (sulfide) groups is 1. The van der Waals surface area contributed by atoms with Crippen LogP contribution in [-0.2, 0) is 30.3 Å². The van der Waals surface area contributed by atoms with E-state index in [0.717, 1.165) is 43.0 Å². The smallest absolute Gasteiger partial charge is 0.329 e. The number of esters is 2. The van der Waals surface area contributed by atoms with Crippen LogP contribution in [0.5, 0.6) is 0 Å². The van der Waals surface area contributed by atoms with E-state index in [0.29, 0.717) is 12.8 Å². The Balaban J connectivity index is 2.21. The van der Waals surface area contributed by atoms with Gasteiger partial charge in [0.05, 0.1) is 26.0 Å². The maximum atomic E-state index is 13.4. The van der Waals surface area contributed by atoms with Gasteiger partial charge in [-0.15, -0.1) is 0 Å². The number of hydrogen-bond acceptors (Lipinski definition) is 7. The molecule has 32 heavy (non-hydrogen) atoms. The quantitative estimate of drug-likeness (QED) is 0.419. The molecule has 1 aliphatic rings. The summed E-state index contributed by atoms with van der Waals surface area (Å²) in [5.41, 5.74) is 1.10. The zero-order chi connectivity index (χ0) is 23.5. The first-order chi connectivity index (χ1) is 15.3. The van der Waals surface area contributed by atoms with E-state index >= 15 is 0 Å². The molecule has 1 saturated carbocycles. The molecular formula is C23H32N2O6S. The van der Waals surface area contributed by atoms with Crippen molar-refractivity contribution >= 4 is 34.8 Å². The molecule has 0 heterocycles. The molecule has 9 heteroatoms. The van der Waals surface area contributed by atoms with Crippen LogP contribution >= 0.6 is 11.8 Å². The van der Waals surface area contributed by atoms with E-state index in [1.807, 2.05) is 30.3 Å². The Morgan fingerprint density at radius 2 is 1.75 bits per heavy atom. The molecule has 1 N–H and O–H groups in total. The average Bonchev–Trinajstić information content (AvgIpc) is 3.31. The number of carbonyl (C=O) groups excluding carboxylic acids is 4. The summed E-state index contributed by atoms with van der Waals surface area (Å²) >= 11 is 1.05. The predicted octanol–water partition coefficient (Wildman–Crippen LogP) is 3.28. The van der Waals surface area contributed by atoms with Gasteiger partial charge in [-0.1, -0.05) is 54.9 Å². The summed E-state index contributed by atoms with van der Waals surface area (Å²) in [5, 5.41) is 2.33. The Kier molecular flexibility index (Phi) is 10.5. The molecule has 0 bridgehead atoms. The monoisotopic (exact) mass is 464 g/mol. The molecule has 1 aromatic carbocycles. The average molecular weight is 465 g/mol. The second-order valence-electron chi connectivity index (χ2n) is 7.74. The van der Waals surface area contributed by atoms with Gasteiger partial charge in [-0.2, -0.15) is 0 Å². The number of hydrogen-bond donors (Lipinski definition) is 1. The molecular weight excluding hydrogens is 432 g/mol. The maximum Gasteiger partial charge on any atom is 0.329 e. The lowest BCUT2D eigenvalue weighted by molar-refractivity contribution is -0.153. The van der Waals surface area contributed by atoms with Crippen molar-refractivity contribution in [1.29, 1.82) is 0 Å². The fourth-order valence-corrected chi connectivity index (χ4v) is 4.73. The Morgan fingerprint density at radius 3 is 2.31 bits per heavy atom. The standard InChI is InChI=1S/C23H32N2O6S/c1-16(26)32-20(14-13-17-9-5-4-6-10-17)24-23(29)25(18-11-7-8-12-18)19(22(28)31-3)15-21(27)30-2/h4-6,9-10,18-20H,7-8,11-15H2,1-3H3,(H,24,29).